The summed E-state index contributed by atoms with van der Waals surface area (Å²) in [6.07, 6.45) is 4.71. The number of hydrogen-bond donors (Lipinski definition) is 1. The summed E-state index contributed by atoms with van der Waals surface area (Å²) in [5, 5.41) is 13.1. The van der Waals surface area contributed by atoms with Gasteiger partial charge < -0.3 is 9.84 Å². The minimum atomic E-state index is -0.124. The Bertz CT molecular complexity index is 333. The molecule has 1 rings (SSSR count). The van der Waals surface area contributed by atoms with Crippen molar-refractivity contribution in [2.45, 2.75) is 58.3 Å². The fourth-order valence-corrected chi connectivity index (χ4v) is 2.32. The number of nitrogens with zero attached hydrogens (tertiary/aromatic N) is 3. The molecular weight excluding hydrogens is 230 g/mol. The van der Waals surface area contributed by atoms with Crippen LogP contribution < -0.4 is 0 Å². The van der Waals surface area contributed by atoms with Crippen LogP contribution >= 0.6 is 0 Å². The van der Waals surface area contributed by atoms with E-state index in [1.807, 2.05) is 13.0 Å². The third kappa shape index (κ3) is 3.73. The van der Waals surface area contributed by atoms with Crippen LogP contribution in [0.1, 0.15) is 40.0 Å². The van der Waals surface area contributed by atoms with Gasteiger partial charge in [0.1, 0.15) is 0 Å². The Morgan fingerprint density at radius 1 is 1.56 bits per heavy atom. The number of hydrogen-bond acceptors (Lipinski definition) is 3. The van der Waals surface area contributed by atoms with Crippen molar-refractivity contribution in [1.29, 1.82) is 0 Å². The fraction of sp³-hybridized carbons (Fsp3) is 0.846. The molecule has 102 valence electrons. The molecule has 0 radical (unpaired) electrons. The molecule has 1 N–H and O–H groups in total. The van der Waals surface area contributed by atoms with E-state index in [1.165, 1.54) is 0 Å². The summed E-state index contributed by atoms with van der Waals surface area (Å²) in [5.74, 6) is 0.150. The van der Waals surface area contributed by atoms with Crippen molar-refractivity contribution in [3.05, 3.63) is 22.1 Å². The van der Waals surface area contributed by atoms with Gasteiger partial charge in [-0.25, -0.2) is 0 Å². The van der Waals surface area contributed by atoms with Crippen molar-refractivity contribution < 1.29 is 9.84 Å². The molecule has 3 atom stereocenters. The van der Waals surface area contributed by atoms with Gasteiger partial charge in [-0.05, 0) is 36.3 Å². The highest BCUT2D eigenvalue weighted by molar-refractivity contribution is 5.15. The van der Waals surface area contributed by atoms with Crippen molar-refractivity contribution in [2.75, 3.05) is 6.61 Å². The highest BCUT2D eigenvalue weighted by Gasteiger charge is 2.30. The first kappa shape index (κ1) is 15.0. The van der Waals surface area contributed by atoms with E-state index < -0.39 is 0 Å². The molecule has 0 spiro atoms. The monoisotopic (exact) mass is 253 g/mol. The Morgan fingerprint density at radius 3 is 2.72 bits per heavy atom. The summed E-state index contributed by atoms with van der Waals surface area (Å²) in [4.78, 5) is 2.89. The Balaban J connectivity index is 2.82. The van der Waals surface area contributed by atoms with E-state index in [1.54, 1.807) is 0 Å². The lowest BCUT2D eigenvalue weighted by molar-refractivity contribution is -0.0254. The maximum absolute atomic E-state index is 9.27. The SMILES string of the molecule is CCC(CC)O[C@@H]1C=C(CO)C[C@H](N=[N+]=[N-])[C@H]1C. The molecule has 0 aromatic rings. The Morgan fingerprint density at radius 2 is 2.22 bits per heavy atom. The van der Waals surface area contributed by atoms with Crippen molar-refractivity contribution in [2.24, 2.45) is 11.0 Å². The molecule has 0 saturated heterocycles. The summed E-state index contributed by atoms with van der Waals surface area (Å²) in [5.41, 5.74) is 9.50. The average Bonchev–Trinajstić information content (AvgIpc) is 2.39. The van der Waals surface area contributed by atoms with E-state index in [2.05, 4.69) is 23.9 Å². The van der Waals surface area contributed by atoms with Gasteiger partial charge in [-0.3, -0.25) is 0 Å². The van der Waals surface area contributed by atoms with E-state index in [0.717, 1.165) is 18.4 Å². The highest BCUT2D eigenvalue weighted by atomic mass is 16.5. The predicted molar refractivity (Wildman–Crippen MR) is 71.1 cm³/mol. The zero-order chi connectivity index (χ0) is 13.5. The molecule has 0 aromatic heterocycles. The first-order valence-electron chi connectivity index (χ1n) is 6.66. The van der Waals surface area contributed by atoms with E-state index in [0.29, 0.717) is 6.42 Å². The molecule has 0 fully saturated rings. The van der Waals surface area contributed by atoms with E-state index in [9.17, 15) is 5.11 Å². The van der Waals surface area contributed by atoms with Crippen LogP contribution in [-0.4, -0.2) is 30.0 Å². The van der Waals surface area contributed by atoms with E-state index >= 15 is 0 Å². The lowest BCUT2D eigenvalue weighted by Gasteiger charge is -2.34. The third-order valence-corrected chi connectivity index (χ3v) is 3.66. The van der Waals surface area contributed by atoms with Crippen LogP contribution in [0.3, 0.4) is 0 Å². The quantitative estimate of drug-likeness (QED) is 0.341. The molecule has 5 nitrogen and oxygen atoms in total. The molecule has 0 amide bonds. The summed E-state index contributed by atoms with van der Waals surface area (Å²) in [7, 11) is 0. The smallest absolute Gasteiger partial charge is 0.0792 e. The highest BCUT2D eigenvalue weighted by Crippen LogP contribution is 2.30. The topological polar surface area (TPSA) is 78.2 Å². The number of ether oxygens (including phenoxy) is 1. The molecule has 1 aliphatic carbocycles. The zero-order valence-corrected chi connectivity index (χ0v) is 11.4. The van der Waals surface area contributed by atoms with Gasteiger partial charge in [-0.15, -0.1) is 0 Å². The summed E-state index contributed by atoms with van der Waals surface area (Å²) in [6, 6.07) is -0.124. The van der Waals surface area contributed by atoms with Crippen molar-refractivity contribution in [3.63, 3.8) is 0 Å². The van der Waals surface area contributed by atoms with E-state index in [-0.39, 0.29) is 30.8 Å². The van der Waals surface area contributed by atoms with Crippen LogP contribution in [0.15, 0.2) is 16.8 Å². The molecule has 0 aromatic carbocycles. The van der Waals surface area contributed by atoms with Crippen molar-refractivity contribution in [3.8, 4) is 0 Å². The fourth-order valence-electron chi connectivity index (χ4n) is 2.32. The standard InChI is InChI=1S/C13H23N3O2/c1-4-11(5-2)18-13-7-10(8-17)6-12(9(13)3)15-16-14/h7,9,11-13,17H,4-6,8H2,1-3H3/t9-,12+,13-/m1/s1. The number of rotatable bonds is 6. The lowest BCUT2D eigenvalue weighted by Crippen LogP contribution is -2.36. The van der Waals surface area contributed by atoms with Gasteiger partial charge in [0.25, 0.3) is 0 Å². The normalized spacial score (nSPS) is 27.8. The van der Waals surface area contributed by atoms with Crippen LogP contribution in [0, 0.1) is 5.92 Å². The Kier molecular flexibility index (Phi) is 6.19. The van der Waals surface area contributed by atoms with E-state index in [4.69, 9.17) is 10.3 Å². The molecule has 0 saturated carbocycles. The first-order valence-corrected chi connectivity index (χ1v) is 6.66. The number of aliphatic hydroxyl groups is 1. The lowest BCUT2D eigenvalue weighted by atomic mass is 9.84. The number of aliphatic hydroxyl groups excluding tert-OH is 1. The Hall–Kier alpha value is -1.03. The second kappa shape index (κ2) is 7.41. The molecule has 1 aliphatic rings. The van der Waals surface area contributed by atoms with Crippen LogP contribution in [0.25, 0.3) is 10.4 Å². The third-order valence-electron chi connectivity index (χ3n) is 3.66. The van der Waals surface area contributed by atoms with Crippen LogP contribution in [0.2, 0.25) is 0 Å². The average molecular weight is 253 g/mol. The van der Waals surface area contributed by atoms with Crippen molar-refractivity contribution >= 4 is 0 Å². The van der Waals surface area contributed by atoms with Gasteiger partial charge in [-0.1, -0.05) is 32.0 Å². The van der Waals surface area contributed by atoms with Gasteiger partial charge in [0.15, 0.2) is 0 Å². The van der Waals surface area contributed by atoms with Crippen LogP contribution in [0.5, 0.6) is 0 Å². The van der Waals surface area contributed by atoms with Gasteiger partial charge in [0, 0.05) is 11.0 Å². The van der Waals surface area contributed by atoms with Gasteiger partial charge in [0.05, 0.1) is 18.8 Å². The van der Waals surface area contributed by atoms with Gasteiger partial charge >= 0.3 is 0 Å². The van der Waals surface area contributed by atoms with Crippen LogP contribution in [-0.2, 0) is 4.74 Å². The minimum Gasteiger partial charge on any atom is -0.392 e. The molecule has 5 heteroatoms. The summed E-state index contributed by atoms with van der Waals surface area (Å²) < 4.78 is 6.04. The van der Waals surface area contributed by atoms with Crippen molar-refractivity contribution in [1.82, 2.24) is 0 Å². The molecule has 0 aliphatic heterocycles. The molecule has 0 unspecified atom stereocenters. The van der Waals surface area contributed by atoms with Gasteiger partial charge in [0.2, 0.25) is 0 Å². The maximum atomic E-state index is 9.27. The second-order valence-corrected chi connectivity index (χ2v) is 4.86. The zero-order valence-electron chi connectivity index (χ0n) is 11.4. The predicted octanol–water partition coefficient (Wildman–Crippen LogP) is 3.20. The summed E-state index contributed by atoms with van der Waals surface area (Å²) >= 11 is 0. The largest absolute Gasteiger partial charge is 0.392 e. The van der Waals surface area contributed by atoms with Gasteiger partial charge in [-0.2, -0.15) is 0 Å². The minimum absolute atomic E-state index is 0.00689. The molecule has 0 heterocycles. The second-order valence-electron chi connectivity index (χ2n) is 4.86. The number of azide groups is 1. The van der Waals surface area contributed by atoms with Crippen LogP contribution in [0.4, 0.5) is 0 Å². The molecule has 0 bridgehead atoms. The molecular formula is C13H23N3O2. The Labute approximate surface area is 108 Å². The molecule has 18 heavy (non-hydrogen) atoms. The first-order chi connectivity index (χ1) is 8.65. The maximum Gasteiger partial charge on any atom is 0.0792 e. The summed E-state index contributed by atoms with van der Waals surface area (Å²) in [6.45, 7) is 6.25.